The average molecular weight is 536 g/mol. The molecule has 0 saturated heterocycles. The number of carbonyl (C=O) groups is 2. The maximum Gasteiger partial charge on any atom is 0.244 e. The van der Waals surface area contributed by atoms with Gasteiger partial charge in [0.2, 0.25) is 21.8 Å². The van der Waals surface area contributed by atoms with E-state index >= 15 is 0 Å². The van der Waals surface area contributed by atoms with E-state index in [-0.39, 0.29) is 29.2 Å². The van der Waals surface area contributed by atoms with Crippen molar-refractivity contribution < 1.29 is 22.7 Å². The maximum atomic E-state index is 13.6. The Labute approximate surface area is 218 Å². The largest absolute Gasteiger partial charge is 0.495 e. The lowest BCUT2D eigenvalue weighted by molar-refractivity contribution is -0.139. The van der Waals surface area contributed by atoms with Crippen LogP contribution in [0.1, 0.15) is 44.6 Å². The summed E-state index contributed by atoms with van der Waals surface area (Å²) in [6.45, 7) is 1.36. The van der Waals surface area contributed by atoms with Gasteiger partial charge in [-0.25, -0.2) is 8.42 Å². The number of anilines is 1. The third-order valence-corrected chi connectivity index (χ3v) is 7.85. The summed E-state index contributed by atoms with van der Waals surface area (Å²) >= 11 is 6.22. The van der Waals surface area contributed by atoms with E-state index in [1.54, 1.807) is 13.0 Å². The molecule has 2 aromatic rings. The molecule has 10 heteroatoms. The number of amides is 2. The van der Waals surface area contributed by atoms with E-state index in [0.717, 1.165) is 48.2 Å². The molecule has 1 N–H and O–H groups in total. The van der Waals surface area contributed by atoms with Crippen molar-refractivity contribution in [2.75, 3.05) is 24.2 Å². The van der Waals surface area contributed by atoms with E-state index < -0.39 is 28.5 Å². The van der Waals surface area contributed by atoms with Crippen LogP contribution < -0.4 is 14.4 Å². The Bertz CT molecular complexity index is 1150. The highest BCUT2D eigenvalue weighted by molar-refractivity contribution is 7.92. The first-order chi connectivity index (χ1) is 17.1. The molecule has 1 saturated carbocycles. The number of hydrogen-bond acceptors (Lipinski definition) is 5. The van der Waals surface area contributed by atoms with Gasteiger partial charge >= 0.3 is 0 Å². The van der Waals surface area contributed by atoms with Crippen LogP contribution in [0.2, 0.25) is 5.02 Å². The number of benzene rings is 2. The molecular formula is C26H34ClN3O5S. The van der Waals surface area contributed by atoms with E-state index in [1.807, 2.05) is 30.3 Å². The van der Waals surface area contributed by atoms with Crippen molar-refractivity contribution >= 4 is 39.1 Å². The Balaban J connectivity index is 1.86. The fraction of sp³-hybridized carbons (Fsp3) is 0.462. The number of hydrogen-bond donors (Lipinski definition) is 1. The normalized spacial score (nSPS) is 15.1. The van der Waals surface area contributed by atoms with Crippen LogP contribution in [-0.4, -0.2) is 57.1 Å². The molecule has 0 radical (unpaired) electrons. The minimum Gasteiger partial charge on any atom is -0.495 e. The molecule has 0 heterocycles. The van der Waals surface area contributed by atoms with Crippen LogP contribution >= 0.6 is 11.6 Å². The fourth-order valence-electron chi connectivity index (χ4n) is 4.36. The van der Waals surface area contributed by atoms with Gasteiger partial charge in [-0.1, -0.05) is 61.2 Å². The second-order valence-corrected chi connectivity index (χ2v) is 11.4. The zero-order valence-corrected chi connectivity index (χ0v) is 22.5. The summed E-state index contributed by atoms with van der Waals surface area (Å²) in [5.41, 5.74) is 1.07. The first kappa shape index (κ1) is 27.8. The lowest BCUT2D eigenvalue weighted by atomic mass is 9.95. The van der Waals surface area contributed by atoms with E-state index in [9.17, 15) is 18.0 Å². The van der Waals surface area contributed by atoms with Crippen molar-refractivity contribution in [3.63, 3.8) is 0 Å². The molecule has 1 aliphatic carbocycles. The number of rotatable bonds is 10. The highest BCUT2D eigenvalue weighted by atomic mass is 35.5. The molecule has 196 valence electrons. The lowest BCUT2D eigenvalue weighted by Crippen LogP contribution is -2.52. The molecule has 8 nitrogen and oxygen atoms in total. The molecule has 2 aromatic carbocycles. The van der Waals surface area contributed by atoms with Crippen molar-refractivity contribution in [3.8, 4) is 5.75 Å². The molecule has 2 amide bonds. The predicted molar refractivity (Wildman–Crippen MR) is 142 cm³/mol. The van der Waals surface area contributed by atoms with E-state index in [2.05, 4.69) is 5.32 Å². The summed E-state index contributed by atoms with van der Waals surface area (Å²) in [5.74, 6) is -0.356. The van der Waals surface area contributed by atoms with Crippen LogP contribution in [0.5, 0.6) is 5.75 Å². The zero-order chi connectivity index (χ0) is 26.3. The molecule has 0 aliphatic heterocycles. The number of sulfonamides is 1. The molecule has 1 atom stereocenters. The van der Waals surface area contributed by atoms with Gasteiger partial charge in [0.05, 0.1) is 24.1 Å². The molecule has 36 heavy (non-hydrogen) atoms. The van der Waals surface area contributed by atoms with Gasteiger partial charge in [-0.15, -0.1) is 0 Å². The number of nitrogens with zero attached hydrogens (tertiary/aromatic N) is 2. The van der Waals surface area contributed by atoms with Crippen molar-refractivity contribution in [1.29, 1.82) is 0 Å². The van der Waals surface area contributed by atoms with Crippen molar-refractivity contribution in [2.24, 2.45) is 0 Å². The third-order valence-electron chi connectivity index (χ3n) is 6.42. The number of nitrogens with one attached hydrogen (secondary N) is 1. The molecule has 3 rings (SSSR count). The topological polar surface area (TPSA) is 96.0 Å². The van der Waals surface area contributed by atoms with Gasteiger partial charge < -0.3 is 15.0 Å². The van der Waals surface area contributed by atoms with Crippen LogP contribution in [0.15, 0.2) is 48.5 Å². The van der Waals surface area contributed by atoms with E-state index in [0.29, 0.717) is 5.75 Å². The van der Waals surface area contributed by atoms with Crippen LogP contribution in [0.4, 0.5) is 5.69 Å². The highest BCUT2D eigenvalue weighted by Crippen LogP contribution is 2.30. The van der Waals surface area contributed by atoms with Crippen molar-refractivity contribution in [3.05, 3.63) is 59.1 Å². The van der Waals surface area contributed by atoms with Crippen LogP contribution in [0.3, 0.4) is 0 Å². The van der Waals surface area contributed by atoms with E-state index in [4.69, 9.17) is 16.3 Å². The molecule has 1 aliphatic rings. The molecule has 0 bridgehead atoms. The summed E-state index contributed by atoms with van der Waals surface area (Å²) in [7, 11) is -2.38. The number of carbonyl (C=O) groups excluding carboxylic acids is 2. The minimum absolute atomic E-state index is 0.0938. The zero-order valence-electron chi connectivity index (χ0n) is 20.9. The summed E-state index contributed by atoms with van der Waals surface area (Å²) in [4.78, 5) is 28.2. The molecular weight excluding hydrogens is 502 g/mol. The predicted octanol–water partition coefficient (Wildman–Crippen LogP) is 3.98. The monoisotopic (exact) mass is 535 g/mol. The van der Waals surface area contributed by atoms with Gasteiger partial charge in [-0.3, -0.25) is 13.9 Å². The second-order valence-electron chi connectivity index (χ2n) is 9.12. The van der Waals surface area contributed by atoms with Gasteiger partial charge in [-0.2, -0.15) is 0 Å². The SMILES string of the molecule is COc1ccc(N(CC(=O)N(Cc2ccccc2)[C@H](C)C(=O)NC2CCCCC2)S(C)(=O)=O)cc1Cl. The Morgan fingerprint density at radius 3 is 2.36 bits per heavy atom. The minimum atomic E-state index is -3.84. The van der Waals surface area contributed by atoms with Crippen LogP contribution in [0, 0.1) is 0 Å². The summed E-state index contributed by atoms with van der Waals surface area (Å²) in [6.07, 6.45) is 6.17. The number of ether oxygens (including phenoxy) is 1. The van der Waals surface area contributed by atoms with Gasteiger partial charge in [0.1, 0.15) is 18.3 Å². The Kier molecular flexibility index (Phi) is 9.62. The summed E-state index contributed by atoms with van der Waals surface area (Å²) < 4.78 is 31.5. The quantitative estimate of drug-likeness (QED) is 0.496. The number of methoxy groups -OCH3 is 1. The first-order valence-electron chi connectivity index (χ1n) is 12.0. The van der Waals surface area contributed by atoms with Crippen LogP contribution in [-0.2, 0) is 26.2 Å². The Morgan fingerprint density at radius 1 is 1.11 bits per heavy atom. The number of halogens is 1. The van der Waals surface area contributed by atoms with Gasteiger partial charge in [0.25, 0.3) is 0 Å². The summed E-state index contributed by atoms with van der Waals surface area (Å²) in [6, 6.07) is 13.1. The third kappa shape index (κ3) is 7.36. The smallest absolute Gasteiger partial charge is 0.244 e. The molecule has 0 aromatic heterocycles. The molecule has 1 fully saturated rings. The summed E-state index contributed by atoms with van der Waals surface area (Å²) in [5, 5.41) is 3.30. The maximum absolute atomic E-state index is 13.6. The second kappa shape index (κ2) is 12.5. The Morgan fingerprint density at radius 2 is 1.78 bits per heavy atom. The fourth-order valence-corrected chi connectivity index (χ4v) is 5.45. The first-order valence-corrected chi connectivity index (χ1v) is 14.3. The van der Waals surface area contributed by atoms with E-state index in [1.165, 1.54) is 24.1 Å². The average Bonchev–Trinajstić information content (AvgIpc) is 2.85. The Hall–Kier alpha value is -2.78. The molecule has 0 spiro atoms. The highest BCUT2D eigenvalue weighted by Gasteiger charge is 2.31. The van der Waals surface area contributed by atoms with Crippen LogP contribution in [0.25, 0.3) is 0 Å². The molecule has 0 unspecified atom stereocenters. The lowest BCUT2D eigenvalue weighted by Gasteiger charge is -2.33. The van der Waals surface area contributed by atoms with Gasteiger partial charge in [0, 0.05) is 12.6 Å². The van der Waals surface area contributed by atoms with Gasteiger partial charge in [0.15, 0.2) is 0 Å². The standard InChI is InChI=1S/C26H34ClN3O5S/c1-19(26(32)28-21-12-8-5-9-13-21)29(17-20-10-6-4-7-11-20)25(31)18-30(36(3,33)34)22-14-15-24(35-2)23(27)16-22/h4,6-7,10-11,14-16,19,21H,5,8-9,12-13,17-18H2,1-3H3,(H,28,32)/t19-/m1/s1. The van der Waals surface area contributed by atoms with Crippen molar-refractivity contribution in [2.45, 2.75) is 57.7 Å². The van der Waals surface area contributed by atoms with Crippen molar-refractivity contribution in [1.82, 2.24) is 10.2 Å². The van der Waals surface area contributed by atoms with Gasteiger partial charge in [-0.05, 0) is 43.5 Å².